The molecule has 0 atom stereocenters. The van der Waals surface area contributed by atoms with Crippen LogP contribution in [0, 0.1) is 0 Å². The molecule has 0 aliphatic carbocycles. The van der Waals surface area contributed by atoms with Crippen LogP contribution in [-0.2, 0) is 32.3 Å². The van der Waals surface area contributed by atoms with E-state index in [1.165, 1.54) is 116 Å². The standard InChI is InChI=1S/C48H80N2O4/c1-5-7-9-11-13-15-17-19-25-35-49(3)37-27-31-45(51)41-53-39-43-29-21-23-33-47(43)48-34-24-22-30-44(48)40-54-42-46(52)32-28-38-50(4)36-26-20-18-16-14-12-10-8-6-2/h21-24,29-30,33-34H,5-20,25-28,31-32,35-42H2,1-4H3. The van der Waals surface area contributed by atoms with Crippen molar-refractivity contribution < 1.29 is 19.1 Å². The van der Waals surface area contributed by atoms with Gasteiger partial charge in [0.15, 0.2) is 11.6 Å². The molecule has 306 valence electrons. The number of nitrogens with zero attached hydrogens (tertiary/aromatic N) is 2. The van der Waals surface area contributed by atoms with Crippen LogP contribution in [0.25, 0.3) is 11.1 Å². The maximum absolute atomic E-state index is 12.6. The molecule has 0 radical (unpaired) electrons. The lowest BCUT2D eigenvalue weighted by atomic mass is 9.96. The van der Waals surface area contributed by atoms with E-state index in [1.807, 2.05) is 24.3 Å². The van der Waals surface area contributed by atoms with Crippen LogP contribution < -0.4 is 0 Å². The SMILES string of the molecule is CCCCCCCCCCCN(C)CCCC(=O)COCc1ccccc1-c1ccccc1COCC(=O)CCCN(C)CCCCCCCCCCC. The minimum Gasteiger partial charge on any atom is -0.369 e. The molecule has 0 aliphatic heterocycles. The Hall–Kier alpha value is -2.38. The summed E-state index contributed by atoms with van der Waals surface area (Å²) in [5.74, 6) is 0.320. The fourth-order valence-electron chi connectivity index (χ4n) is 7.21. The van der Waals surface area contributed by atoms with Gasteiger partial charge in [0.05, 0.1) is 13.2 Å². The van der Waals surface area contributed by atoms with E-state index in [2.05, 4.69) is 62.0 Å². The Kier molecular flexibility index (Phi) is 29.0. The van der Waals surface area contributed by atoms with E-state index in [-0.39, 0.29) is 24.8 Å². The number of unbranched alkanes of at least 4 members (excludes halogenated alkanes) is 16. The summed E-state index contributed by atoms with van der Waals surface area (Å²) in [4.78, 5) is 30.0. The van der Waals surface area contributed by atoms with Crippen molar-refractivity contribution in [2.24, 2.45) is 0 Å². The van der Waals surface area contributed by atoms with Crippen molar-refractivity contribution in [3.05, 3.63) is 59.7 Å². The molecule has 6 heteroatoms. The zero-order valence-electron chi connectivity index (χ0n) is 35.4. The van der Waals surface area contributed by atoms with Gasteiger partial charge in [0.1, 0.15) is 13.2 Å². The molecule has 54 heavy (non-hydrogen) atoms. The Balaban J connectivity index is 1.62. The van der Waals surface area contributed by atoms with Gasteiger partial charge in [-0.2, -0.15) is 0 Å². The molecule has 2 aromatic rings. The van der Waals surface area contributed by atoms with Crippen LogP contribution in [0.5, 0.6) is 0 Å². The smallest absolute Gasteiger partial charge is 0.158 e. The Morgan fingerprint density at radius 2 is 0.759 bits per heavy atom. The molecule has 0 unspecified atom stereocenters. The molecule has 6 nitrogen and oxygen atoms in total. The predicted molar refractivity (Wildman–Crippen MR) is 229 cm³/mol. The largest absolute Gasteiger partial charge is 0.369 e. The Bertz CT molecular complexity index is 1120. The van der Waals surface area contributed by atoms with Crippen LogP contribution in [0.3, 0.4) is 0 Å². The van der Waals surface area contributed by atoms with Crippen LogP contribution in [0.4, 0.5) is 0 Å². The van der Waals surface area contributed by atoms with Crippen LogP contribution in [0.15, 0.2) is 48.5 Å². The molecule has 0 saturated heterocycles. The van der Waals surface area contributed by atoms with Gasteiger partial charge in [-0.25, -0.2) is 0 Å². The Labute approximate surface area is 332 Å². The van der Waals surface area contributed by atoms with E-state index in [4.69, 9.17) is 9.47 Å². The normalized spacial score (nSPS) is 11.6. The number of rotatable bonds is 37. The quantitative estimate of drug-likeness (QED) is 0.0641. The maximum atomic E-state index is 12.6. The highest BCUT2D eigenvalue weighted by Crippen LogP contribution is 2.28. The van der Waals surface area contributed by atoms with Crippen LogP contribution in [0.1, 0.15) is 166 Å². The summed E-state index contributed by atoms with van der Waals surface area (Å²) in [7, 11) is 4.34. The van der Waals surface area contributed by atoms with Gasteiger partial charge in [0.25, 0.3) is 0 Å². The van der Waals surface area contributed by atoms with Crippen molar-refractivity contribution in [3.8, 4) is 11.1 Å². The molecule has 0 spiro atoms. The van der Waals surface area contributed by atoms with Gasteiger partial charge in [0, 0.05) is 12.8 Å². The second kappa shape index (κ2) is 32.8. The van der Waals surface area contributed by atoms with Gasteiger partial charge in [-0.15, -0.1) is 0 Å². The van der Waals surface area contributed by atoms with Crippen molar-refractivity contribution in [1.29, 1.82) is 0 Å². The number of benzene rings is 2. The number of Topliss-reactive ketones (excluding diaryl/α,β-unsaturated/α-hetero) is 2. The number of ether oxygens (including phenoxy) is 2. The van der Waals surface area contributed by atoms with Crippen molar-refractivity contribution in [2.45, 2.75) is 168 Å². The molecular formula is C48H80N2O4. The van der Waals surface area contributed by atoms with Gasteiger partial charge >= 0.3 is 0 Å². The summed E-state index contributed by atoms with van der Waals surface area (Å²) < 4.78 is 11.9. The topological polar surface area (TPSA) is 59.1 Å². The van der Waals surface area contributed by atoms with E-state index in [0.717, 1.165) is 61.3 Å². The van der Waals surface area contributed by atoms with Crippen molar-refractivity contribution in [3.63, 3.8) is 0 Å². The maximum Gasteiger partial charge on any atom is 0.158 e. The zero-order valence-corrected chi connectivity index (χ0v) is 35.4. The molecule has 0 fully saturated rings. The first kappa shape index (κ1) is 47.8. The molecule has 2 aromatic carbocycles. The molecule has 2 rings (SSSR count). The molecule has 0 amide bonds. The molecule has 0 aromatic heterocycles. The van der Waals surface area contributed by atoms with Crippen molar-refractivity contribution >= 4 is 11.6 Å². The monoisotopic (exact) mass is 749 g/mol. The number of carbonyl (C=O) groups is 2. The summed E-state index contributed by atoms with van der Waals surface area (Å²) in [5, 5.41) is 0. The van der Waals surface area contributed by atoms with Gasteiger partial charge in [-0.05, 0) is 88.2 Å². The first-order chi connectivity index (χ1) is 26.4. The zero-order chi connectivity index (χ0) is 38.9. The Morgan fingerprint density at radius 3 is 1.13 bits per heavy atom. The van der Waals surface area contributed by atoms with Crippen LogP contribution in [-0.4, -0.2) is 74.9 Å². The molecular weight excluding hydrogens is 669 g/mol. The lowest BCUT2D eigenvalue weighted by molar-refractivity contribution is -0.124. The number of carbonyl (C=O) groups excluding carboxylic acids is 2. The molecule has 0 N–H and O–H groups in total. The van der Waals surface area contributed by atoms with E-state index in [1.54, 1.807) is 0 Å². The lowest BCUT2D eigenvalue weighted by Gasteiger charge is -2.16. The van der Waals surface area contributed by atoms with Crippen LogP contribution >= 0.6 is 0 Å². The summed E-state index contributed by atoms with van der Waals surface area (Å²) in [6.45, 7) is 9.69. The van der Waals surface area contributed by atoms with E-state index in [0.29, 0.717) is 26.1 Å². The van der Waals surface area contributed by atoms with Crippen LogP contribution in [0.2, 0.25) is 0 Å². The highest BCUT2D eigenvalue weighted by Gasteiger charge is 2.12. The second-order valence-corrected chi connectivity index (χ2v) is 15.8. The summed E-state index contributed by atoms with van der Waals surface area (Å²) >= 11 is 0. The number of hydrogen-bond acceptors (Lipinski definition) is 6. The number of hydrogen-bond donors (Lipinski definition) is 0. The van der Waals surface area contributed by atoms with E-state index in [9.17, 15) is 9.59 Å². The molecule has 0 heterocycles. The minimum atomic E-state index is 0.137. The second-order valence-electron chi connectivity index (χ2n) is 15.8. The fourth-order valence-corrected chi connectivity index (χ4v) is 7.21. The molecule has 0 bridgehead atoms. The average Bonchev–Trinajstić information content (AvgIpc) is 3.17. The van der Waals surface area contributed by atoms with Gasteiger partial charge < -0.3 is 19.3 Å². The van der Waals surface area contributed by atoms with Gasteiger partial charge in [-0.3, -0.25) is 9.59 Å². The highest BCUT2D eigenvalue weighted by molar-refractivity contribution is 5.80. The Morgan fingerprint density at radius 1 is 0.444 bits per heavy atom. The van der Waals surface area contributed by atoms with E-state index < -0.39 is 0 Å². The third kappa shape index (κ3) is 24.2. The van der Waals surface area contributed by atoms with Gasteiger partial charge in [0.2, 0.25) is 0 Å². The number of ketones is 2. The summed E-state index contributed by atoms with van der Waals surface area (Å²) in [6.07, 6.45) is 27.1. The average molecular weight is 749 g/mol. The van der Waals surface area contributed by atoms with E-state index >= 15 is 0 Å². The summed E-state index contributed by atoms with van der Waals surface area (Å²) in [6, 6.07) is 16.4. The third-order valence-electron chi connectivity index (χ3n) is 10.6. The highest BCUT2D eigenvalue weighted by atomic mass is 16.5. The van der Waals surface area contributed by atoms with Crippen molar-refractivity contribution in [2.75, 3.05) is 53.5 Å². The van der Waals surface area contributed by atoms with Crippen molar-refractivity contribution in [1.82, 2.24) is 9.80 Å². The van der Waals surface area contributed by atoms with Gasteiger partial charge in [-0.1, -0.05) is 165 Å². The molecule has 0 aliphatic rings. The lowest BCUT2D eigenvalue weighted by Crippen LogP contribution is -2.22. The fraction of sp³-hybridized carbons (Fsp3) is 0.708. The predicted octanol–water partition coefficient (Wildman–Crippen LogP) is 12.0. The third-order valence-corrected chi connectivity index (χ3v) is 10.6. The first-order valence-electron chi connectivity index (χ1n) is 22.2. The summed E-state index contributed by atoms with van der Waals surface area (Å²) in [5.41, 5.74) is 4.23. The first-order valence-corrected chi connectivity index (χ1v) is 22.2. The minimum absolute atomic E-state index is 0.137. The molecule has 0 saturated carbocycles.